The smallest absolute Gasteiger partial charge is 0.194 e. The predicted octanol–water partition coefficient (Wildman–Crippen LogP) is 12.6. The van der Waals surface area contributed by atoms with Gasteiger partial charge in [-0.25, -0.2) is 4.85 Å². The molecule has 0 radical (unpaired) electrons. The summed E-state index contributed by atoms with van der Waals surface area (Å²) in [6, 6.07) is 60.1. The highest BCUT2D eigenvalue weighted by Crippen LogP contribution is 2.47. The molecule has 0 fully saturated rings. The first kappa shape index (κ1) is 26.9. The Morgan fingerprint density at radius 1 is 0.383 bits per heavy atom. The van der Waals surface area contributed by atoms with E-state index in [1.165, 1.54) is 43.7 Å². The molecular weight excluding hydrogens is 569 g/mol. The molecule has 0 aliphatic heterocycles. The van der Waals surface area contributed by atoms with Crippen molar-refractivity contribution in [1.82, 2.24) is 4.57 Å². The molecule has 2 nitrogen and oxygen atoms in total. The number of hydrogen-bond donors (Lipinski definition) is 0. The predicted molar refractivity (Wildman–Crippen MR) is 198 cm³/mol. The summed E-state index contributed by atoms with van der Waals surface area (Å²) in [5, 5.41) is 7.14. The number of hydrogen-bond acceptors (Lipinski definition) is 0. The first-order valence-electron chi connectivity index (χ1n) is 15.9. The van der Waals surface area contributed by atoms with Gasteiger partial charge in [0.05, 0.1) is 17.6 Å². The molecular formula is C45H28N2. The van der Waals surface area contributed by atoms with Gasteiger partial charge >= 0.3 is 0 Å². The minimum absolute atomic E-state index is 0.648. The molecule has 0 N–H and O–H groups in total. The molecule has 8 aromatic carbocycles. The minimum atomic E-state index is 0.648. The summed E-state index contributed by atoms with van der Waals surface area (Å²) in [4.78, 5) is 4.05. The van der Waals surface area contributed by atoms with Crippen LogP contribution in [0.25, 0.3) is 87.3 Å². The van der Waals surface area contributed by atoms with E-state index in [0.717, 1.165) is 38.7 Å². The van der Waals surface area contributed by atoms with Gasteiger partial charge in [0.1, 0.15) is 0 Å². The number of rotatable bonds is 4. The lowest BCUT2D eigenvalue weighted by molar-refractivity contribution is 1.18. The molecule has 1 aromatic heterocycles. The Balaban J connectivity index is 1.29. The van der Waals surface area contributed by atoms with Crippen LogP contribution in [0.15, 0.2) is 170 Å². The third-order valence-corrected chi connectivity index (χ3v) is 9.40. The van der Waals surface area contributed by atoms with Crippen molar-refractivity contribution in [1.29, 1.82) is 0 Å². The number of para-hydroxylation sites is 2. The van der Waals surface area contributed by atoms with Crippen molar-refractivity contribution >= 4 is 49.0 Å². The monoisotopic (exact) mass is 596 g/mol. The van der Waals surface area contributed by atoms with Crippen molar-refractivity contribution in [2.45, 2.75) is 0 Å². The zero-order chi connectivity index (χ0) is 31.3. The first-order valence-corrected chi connectivity index (χ1v) is 15.9. The normalized spacial score (nSPS) is 11.4. The van der Waals surface area contributed by atoms with Gasteiger partial charge in [0, 0.05) is 16.5 Å². The largest absolute Gasteiger partial charge is 0.309 e. The molecule has 0 saturated carbocycles. The van der Waals surface area contributed by atoms with Gasteiger partial charge in [-0.15, -0.1) is 0 Å². The van der Waals surface area contributed by atoms with Crippen LogP contribution < -0.4 is 0 Å². The van der Waals surface area contributed by atoms with Crippen molar-refractivity contribution in [3.05, 3.63) is 181 Å². The van der Waals surface area contributed by atoms with Crippen molar-refractivity contribution in [2.24, 2.45) is 0 Å². The molecule has 2 heteroatoms. The third kappa shape index (κ3) is 4.26. The van der Waals surface area contributed by atoms with Gasteiger partial charge in [-0.3, -0.25) is 0 Å². The highest BCUT2D eigenvalue weighted by Gasteiger charge is 2.19. The molecule has 9 rings (SSSR count). The Kier molecular flexibility index (Phi) is 6.23. The van der Waals surface area contributed by atoms with Gasteiger partial charge < -0.3 is 4.57 Å². The quantitative estimate of drug-likeness (QED) is 0.141. The van der Waals surface area contributed by atoms with E-state index >= 15 is 0 Å². The summed E-state index contributed by atoms with van der Waals surface area (Å²) < 4.78 is 2.35. The lowest BCUT2D eigenvalue weighted by Gasteiger charge is -2.19. The Morgan fingerprint density at radius 2 is 0.872 bits per heavy atom. The molecule has 0 aliphatic rings. The molecule has 1 heterocycles. The average molecular weight is 597 g/mol. The van der Waals surface area contributed by atoms with Crippen LogP contribution >= 0.6 is 0 Å². The Labute approximate surface area is 273 Å². The number of benzene rings is 8. The van der Waals surface area contributed by atoms with E-state index in [1.807, 2.05) is 6.07 Å². The number of aromatic nitrogens is 1. The fraction of sp³-hybridized carbons (Fsp3) is 0. The molecule has 0 amide bonds. The van der Waals surface area contributed by atoms with Crippen LogP contribution in [0.2, 0.25) is 0 Å². The van der Waals surface area contributed by atoms with Crippen molar-refractivity contribution in [2.75, 3.05) is 0 Å². The minimum Gasteiger partial charge on any atom is -0.309 e. The summed E-state index contributed by atoms with van der Waals surface area (Å²) in [6.07, 6.45) is 0. The second kappa shape index (κ2) is 10.9. The maximum atomic E-state index is 8.21. The number of fused-ring (bicyclic) bond motifs is 5. The SMILES string of the molecule is [C-]#[N+]c1ccc(-c2cccc(-n3c4ccccc4c4ccccc43)c2)cc1-c1c2ccccc2c(-c2ccccc2)c2ccccc12. The van der Waals surface area contributed by atoms with Crippen LogP contribution in [0.4, 0.5) is 5.69 Å². The maximum absolute atomic E-state index is 8.21. The van der Waals surface area contributed by atoms with Gasteiger partial charge in [-0.2, -0.15) is 0 Å². The highest BCUT2D eigenvalue weighted by molar-refractivity contribution is 6.22. The first-order chi connectivity index (χ1) is 23.3. The standard InChI is InChI=1S/C45H28N2/c1-46-41-27-26-32(31-16-13-17-33(28-31)47-42-24-11-9-18-34(42)35-19-10-12-25-43(35)47)29-40(41)45-38-22-7-5-20-36(38)44(30-14-3-2-4-15-30)37-21-6-8-23-39(37)45/h2-29H. The van der Waals surface area contributed by atoms with Crippen LogP contribution in [0.1, 0.15) is 0 Å². The van der Waals surface area contributed by atoms with E-state index in [-0.39, 0.29) is 0 Å². The second-order valence-corrected chi connectivity index (χ2v) is 12.0. The van der Waals surface area contributed by atoms with E-state index in [2.05, 4.69) is 173 Å². The number of nitrogens with zero attached hydrogens (tertiary/aromatic N) is 2. The van der Waals surface area contributed by atoms with E-state index < -0.39 is 0 Å². The molecule has 0 saturated heterocycles. The molecule has 0 spiro atoms. The maximum Gasteiger partial charge on any atom is 0.194 e. The van der Waals surface area contributed by atoms with E-state index in [9.17, 15) is 0 Å². The summed E-state index contributed by atoms with van der Waals surface area (Å²) in [5.74, 6) is 0. The van der Waals surface area contributed by atoms with Crippen LogP contribution in [0.3, 0.4) is 0 Å². The average Bonchev–Trinajstić information content (AvgIpc) is 3.48. The summed E-state index contributed by atoms with van der Waals surface area (Å²) in [7, 11) is 0. The Bertz CT molecular complexity index is 2580. The lowest BCUT2D eigenvalue weighted by atomic mass is 9.85. The molecule has 0 aliphatic carbocycles. The van der Waals surface area contributed by atoms with Crippen LogP contribution in [-0.4, -0.2) is 4.57 Å². The topological polar surface area (TPSA) is 9.29 Å². The summed E-state index contributed by atoms with van der Waals surface area (Å²) >= 11 is 0. The molecule has 0 unspecified atom stereocenters. The molecule has 0 atom stereocenters. The Morgan fingerprint density at radius 3 is 1.47 bits per heavy atom. The van der Waals surface area contributed by atoms with E-state index in [0.29, 0.717) is 5.69 Å². The summed E-state index contributed by atoms with van der Waals surface area (Å²) in [6.45, 7) is 8.21. The molecule has 0 bridgehead atoms. The van der Waals surface area contributed by atoms with Crippen LogP contribution in [0, 0.1) is 6.57 Å². The van der Waals surface area contributed by atoms with Gasteiger partial charge in [-0.1, -0.05) is 146 Å². The zero-order valence-corrected chi connectivity index (χ0v) is 25.6. The second-order valence-electron chi connectivity index (χ2n) is 12.0. The Hall–Kier alpha value is -6.43. The van der Waals surface area contributed by atoms with E-state index in [4.69, 9.17) is 6.57 Å². The van der Waals surface area contributed by atoms with Gasteiger partial charge in [0.2, 0.25) is 0 Å². The van der Waals surface area contributed by atoms with Crippen LogP contribution in [0.5, 0.6) is 0 Å². The van der Waals surface area contributed by atoms with Crippen molar-refractivity contribution in [3.8, 4) is 39.1 Å². The lowest BCUT2D eigenvalue weighted by Crippen LogP contribution is -1.94. The van der Waals surface area contributed by atoms with Crippen LogP contribution in [-0.2, 0) is 0 Å². The molecule has 9 aromatic rings. The van der Waals surface area contributed by atoms with Gasteiger partial charge in [0.25, 0.3) is 0 Å². The van der Waals surface area contributed by atoms with E-state index in [1.54, 1.807) is 0 Å². The fourth-order valence-corrected chi connectivity index (χ4v) is 7.37. The van der Waals surface area contributed by atoms with Crippen molar-refractivity contribution < 1.29 is 0 Å². The highest BCUT2D eigenvalue weighted by atomic mass is 15.0. The third-order valence-electron chi connectivity index (χ3n) is 9.40. The van der Waals surface area contributed by atoms with Crippen molar-refractivity contribution in [3.63, 3.8) is 0 Å². The fourth-order valence-electron chi connectivity index (χ4n) is 7.37. The molecule has 47 heavy (non-hydrogen) atoms. The van der Waals surface area contributed by atoms with Gasteiger partial charge in [0.15, 0.2) is 5.69 Å². The van der Waals surface area contributed by atoms with Gasteiger partial charge in [-0.05, 0) is 79.2 Å². The zero-order valence-electron chi connectivity index (χ0n) is 25.6. The summed E-state index contributed by atoms with van der Waals surface area (Å²) in [5.41, 5.74) is 10.8. The molecule has 218 valence electrons.